The van der Waals surface area contributed by atoms with Crippen molar-refractivity contribution in [3.05, 3.63) is 59.4 Å². The van der Waals surface area contributed by atoms with Gasteiger partial charge in [-0.3, -0.25) is 0 Å². The topological polar surface area (TPSA) is 88.1 Å². The molecule has 164 valence electrons. The molecule has 2 fully saturated rings. The van der Waals surface area contributed by atoms with Crippen molar-refractivity contribution in [1.29, 1.82) is 5.26 Å². The molecule has 2 amide bonds. The smallest absolute Gasteiger partial charge is 0.318 e. The molecule has 7 nitrogen and oxygen atoms in total. The number of anilines is 1. The van der Waals surface area contributed by atoms with Gasteiger partial charge in [0.25, 0.3) is 0 Å². The van der Waals surface area contributed by atoms with E-state index in [1.807, 2.05) is 35.2 Å². The largest absolute Gasteiger partial charge is 0.371 e. The molecular weight excluding hydrogens is 400 g/mol. The van der Waals surface area contributed by atoms with E-state index < -0.39 is 0 Å². The Hall–Kier alpha value is -3.53. The highest BCUT2D eigenvalue weighted by Crippen LogP contribution is 2.32. The molecule has 0 saturated carbocycles. The number of H-pyrrole nitrogens is 1. The fourth-order valence-electron chi connectivity index (χ4n) is 4.88. The number of imidazole rings is 1. The van der Waals surface area contributed by atoms with Crippen LogP contribution in [0.4, 0.5) is 10.5 Å². The third-order valence-electron chi connectivity index (χ3n) is 6.67. The van der Waals surface area contributed by atoms with Crippen LogP contribution in [0.5, 0.6) is 0 Å². The third kappa shape index (κ3) is 4.01. The number of fused-ring (bicyclic) bond motifs is 1. The predicted octanol–water partition coefficient (Wildman–Crippen LogP) is 4.26. The lowest BCUT2D eigenvalue weighted by Crippen LogP contribution is -2.49. The van der Waals surface area contributed by atoms with Crippen LogP contribution in [0.2, 0.25) is 0 Å². The number of benzene rings is 2. The molecule has 2 aliphatic heterocycles. The molecular formula is C25H28N6O. The van der Waals surface area contributed by atoms with Crippen molar-refractivity contribution in [3.63, 3.8) is 0 Å². The zero-order chi connectivity index (χ0) is 22.1. The minimum Gasteiger partial charge on any atom is -0.371 e. The maximum atomic E-state index is 13.1. The van der Waals surface area contributed by atoms with Crippen LogP contribution in [-0.2, 0) is 0 Å². The molecule has 1 unspecified atom stereocenters. The monoisotopic (exact) mass is 428 g/mol. The lowest BCUT2D eigenvalue weighted by Gasteiger charge is -2.35. The molecule has 1 atom stereocenters. The summed E-state index contributed by atoms with van der Waals surface area (Å²) in [5, 5.41) is 12.2. The minimum absolute atomic E-state index is 0.00134. The van der Waals surface area contributed by atoms with Gasteiger partial charge in [-0.25, -0.2) is 9.78 Å². The quantitative estimate of drug-likeness (QED) is 0.652. The number of carbonyl (C=O) groups is 1. The standard InChI is InChI=1S/C25H28N6O/c1-17-4-9-21-22(15-17)29-24(28-21)23-3-2-12-31(23)25(32)27-19-10-13-30(14-11-19)20-7-5-18(16-26)6-8-20/h4-9,15,19,23H,2-3,10-14H2,1H3,(H,27,32)(H,28,29). The van der Waals surface area contributed by atoms with Gasteiger partial charge in [-0.05, 0) is 74.6 Å². The van der Waals surface area contributed by atoms with Crippen LogP contribution in [-0.4, -0.2) is 46.6 Å². The van der Waals surface area contributed by atoms with Gasteiger partial charge in [-0.15, -0.1) is 0 Å². The van der Waals surface area contributed by atoms with Crippen LogP contribution in [0.1, 0.15) is 48.7 Å². The van der Waals surface area contributed by atoms with Gasteiger partial charge in [0.1, 0.15) is 5.82 Å². The van der Waals surface area contributed by atoms with Crippen molar-refractivity contribution in [2.45, 2.75) is 44.7 Å². The minimum atomic E-state index is 0.00134. The van der Waals surface area contributed by atoms with Gasteiger partial charge < -0.3 is 20.1 Å². The predicted molar refractivity (Wildman–Crippen MR) is 124 cm³/mol. The number of carbonyl (C=O) groups excluding carboxylic acids is 1. The average Bonchev–Trinajstić information content (AvgIpc) is 3.46. The summed E-state index contributed by atoms with van der Waals surface area (Å²) < 4.78 is 0. The number of aromatic nitrogens is 2. The Bertz CT molecular complexity index is 1150. The Morgan fingerprint density at radius 3 is 2.66 bits per heavy atom. The lowest BCUT2D eigenvalue weighted by atomic mass is 10.0. The Morgan fingerprint density at radius 1 is 1.12 bits per heavy atom. The molecule has 3 heterocycles. The van der Waals surface area contributed by atoms with Gasteiger partial charge >= 0.3 is 6.03 Å². The second kappa shape index (κ2) is 8.54. The van der Waals surface area contributed by atoms with Gasteiger partial charge in [0.05, 0.1) is 28.7 Å². The van der Waals surface area contributed by atoms with E-state index in [1.165, 1.54) is 5.56 Å². The first-order valence-electron chi connectivity index (χ1n) is 11.4. The van der Waals surface area contributed by atoms with Gasteiger partial charge in [0.15, 0.2) is 0 Å². The fraction of sp³-hybridized carbons (Fsp3) is 0.400. The molecule has 0 spiro atoms. The maximum absolute atomic E-state index is 13.1. The summed E-state index contributed by atoms with van der Waals surface area (Å²) in [6.07, 6.45) is 3.75. The number of aryl methyl sites for hydroxylation is 1. The molecule has 0 aliphatic carbocycles. The Kier molecular flexibility index (Phi) is 5.44. The molecule has 7 heteroatoms. The molecule has 2 aromatic carbocycles. The molecule has 3 aromatic rings. The third-order valence-corrected chi connectivity index (χ3v) is 6.67. The number of nitrogens with zero attached hydrogens (tertiary/aromatic N) is 4. The van der Waals surface area contributed by atoms with Gasteiger partial charge in [-0.2, -0.15) is 5.26 Å². The molecule has 2 aliphatic rings. The Morgan fingerprint density at radius 2 is 1.91 bits per heavy atom. The maximum Gasteiger partial charge on any atom is 0.318 e. The first-order chi connectivity index (χ1) is 15.6. The Labute approximate surface area is 188 Å². The van der Waals surface area contributed by atoms with Crippen molar-refractivity contribution in [2.24, 2.45) is 0 Å². The van der Waals surface area contributed by atoms with Gasteiger partial charge in [0.2, 0.25) is 0 Å². The molecule has 5 rings (SSSR count). The molecule has 32 heavy (non-hydrogen) atoms. The summed E-state index contributed by atoms with van der Waals surface area (Å²) in [6.45, 7) is 4.62. The van der Waals surface area contributed by atoms with Crippen molar-refractivity contribution in [1.82, 2.24) is 20.2 Å². The van der Waals surface area contributed by atoms with Crippen LogP contribution in [0.25, 0.3) is 11.0 Å². The number of urea groups is 1. The van der Waals surface area contributed by atoms with Crippen molar-refractivity contribution < 1.29 is 4.79 Å². The fourth-order valence-corrected chi connectivity index (χ4v) is 4.88. The van der Waals surface area contributed by atoms with Crippen molar-refractivity contribution >= 4 is 22.8 Å². The number of rotatable bonds is 3. The van der Waals surface area contributed by atoms with Crippen LogP contribution < -0.4 is 10.2 Å². The molecule has 2 N–H and O–H groups in total. The number of nitrogens with one attached hydrogen (secondary N) is 2. The van der Waals surface area contributed by atoms with Gasteiger partial charge in [-0.1, -0.05) is 6.07 Å². The van der Waals surface area contributed by atoms with E-state index in [4.69, 9.17) is 10.2 Å². The van der Waals surface area contributed by atoms with E-state index in [9.17, 15) is 4.79 Å². The van der Waals surface area contributed by atoms with Crippen LogP contribution in [0.3, 0.4) is 0 Å². The second-order valence-electron chi connectivity index (χ2n) is 8.86. The lowest BCUT2D eigenvalue weighted by molar-refractivity contribution is 0.185. The summed E-state index contributed by atoms with van der Waals surface area (Å²) in [5.74, 6) is 0.883. The number of hydrogen-bond acceptors (Lipinski definition) is 4. The first-order valence-corrected chi connectivity index (χ1v) is 11.4. The SMILES string of the molecule is Cc1ccc2nc(C3CCCN3C(=O)NC3CCN(c4ccc(C#N)cc4)CC3)[nH]c2c1. The van der Waals surface area contributed by atoms with E-state index >= 15 is 0 Å². The van der Waals surface area contributed by atoms with E-state index in [1.54, 1.807) is 0 Å². The molecule has 1 aromatic heterocycles. The molecule has 2 saturated heterocycles. The van der Waals surface area contributed by atoms with Crippen LogP contribution in [0, 0.1) is 18.3 Å². The van der Waals surface area contributed by atoms with Crippen molar-refractivity contribution in [2.75, 3.05) is 24.5 Å². The number of piperidine rings is 1. The van der Waals surface area contributed by atoms with Gasteiger partial charge in [0, 0.05) is 31.4 Å². The molecule has 0 radical (unpaired) electrons. The van der Waals surface area contributed by atoms with Crippen molar-refractivity contribution in [3.8, 4) is 6.07 Å². The van der Waals surface area contributed by atoms with Crippen LogP contribution in [0.15, 0.2) is 42.5 Å². The molecule has 0 bridgehead atoms. The van der Waals surface area contributed by atoms with E-state index in [0.29, 0.717) is 5.56 Å². The highest BCUT2D eigenvalue weighted by atomic mass is 16.2. The summed E-state index contributed by atoms with van der Waals surface area (Å²) in [5.41, 5.74) is 4.99. The normalized spacial score (nSPS) is 19.3. The Balaban J connectivity index is 1.20. The number of nitriles is 1. The highest BCUT2D eigenvalue weighted by Gasteiger charge is 2.33. The van der Waals surface area contributed by atoms with E-state index in [0.717, 1.165) is 67.9 Å². The van der Waals surface area contributed by atoms with E-state index in [2.05, 4.69) is 40.3 Å². The van der Waals surface area contributed by atoms with E-state index in [-0.39, 0.29) is 18.1 Å². The summed E-state index contributed by atoms with van der Waals surface area (Å²) in [6, 6.07) is 16.3. The average molecular weight is 429 g/mol. The number of hydrogen-bond donors (Lipinski definition) is 2. The zero-order valence-corrected chi connectivity index (χ0v) is 18.3. The number of amides is 2. The summed E-state index contributed by atoms with van der Waals surface area (Å²) >= 11 is 0. The summed E-state index contributed by atoms with van der Waals surface area (Å²) in [7, 11) is 0. The zero-order valence-electron chi connectivity index (χ0n) is 18.3. The number of aromatic amines is 1. The second-order valence-corrected chi connectivity index (χ2v) is 8.86. The number of likely N-dealkylation sites (tertiary alicyclic amines) is 1. The highest BCUT2D eigenvalue weighted by molar-refractivity contribution is 5.77. The summed E-state index contributed by atoms with van der Waals surface area (Å²) in [4.78, 5) is 25.6. The first kappa shape index (κ1) is 20.4. The van der Waals surface area contributed by atoms with Crippen LogP contribution >= 0.6 is 0 Å².